The first-order chi connectivity index (χ1) is 9.52. The topological polar surface area (TPSA) is 57.8 Å². The van der Waals surface area contributed by atoms with Crippen LogP contribution in [0.3, 0.4) is 0 Å². The Labute approximate surface area is 125 Å². The van der Waals surface area contributed by atoms with Crippen LogP contribution >= 0.6 is 11.8 Å². The molecule has 0 aromatic carbocycles. The van der Waals surface area contributed by atoms with Gasteiger partial charge in [0.05, 0.1) is 5.56 Å². The lowest BCUT2D eigenvalue weighted by Crippen LogP contribution is -2.38. The van der Waals surface area contributed by atoms with E-state index in [9.17, 15) is 4.79 Å². The Morgan fingerprint density at radius 1 is 1.45 bits per heavy atom. The molecule has 1 heterocycles. The van der Waals surface area contributed by atoms with E-state index in [2.05, 4.69) is 29.1 Å². The van der Waals surface area contributed by atoms with Crippen LogP contribution in [0, 0.1) is 13.8 Å². The van der Waals surface area contributed by atoms with Gasteiger partial charge in [0.1, 0.15) is 5.82 Å². The molecule has 5 heteroatoms. The molecule has 2 N–H and O–H groups in total. The standard InChI is InChI=1S/C15H25N3OS/c1-5-20-13-8-6-7-12(13)17-10(3)14-9(2)16-11(4)18-15(14)19/h10,12-13,17H,5-8H2,1-4H3,(H,16,18,19). The number of aromatic amines is 1. The Kier molecular flexibility index (Phi) is 5.27. The summed E-state index contributed by atoms with van der Waals surface area (Å²) in [5, 5.41) is 4.33. The van der Waals surface area contributed by atoms with E-state index in [-0.39, 0.29) is 11.6 Å². The van der Waals surface area contributed by atoms with Crippen LogP contribution in [0.15, 0.2) is 4.79 Å². The van der Waals surface area contributed by atoms with Crippen molar-refractivity contribution in [2.24, 2.45) is 0 Å². The number of nitrogens with one attached hydrogen (secondary N) is 2. The van der Waals surface area contributed by atoms with Gasteiger partial charge in [0.15, 0.2) is 0 Å². The fraction of sp³-hybridized carbons (Fsp3) is 0.733. The minimum atomic E-state index is -0.00677. The van der Waals surface area contributed by atoms with Crippen LogP contribution < -0.4 is 10.9 Å². The zero-order valence-corrected chi connectivity index (χ0v) is 13.6. The van der Waals surface area contributed by atoms with Crippen molar-refractivity contribution >= 4 is 11.8 Å². The maximum absolute atomic E-state index is 12.1. The van der Waals surface area contributed by atoms with Crippen molar-refractivity contribution in [3.05, 3.63) is 27.4 Å². The molecule has 1 fully saturated rings. The molecule has 2 rings (SSSR count). The van der Waals surface area contributed by atoms with Crippen LogP contribution in [0.1, 0.15) is 56.2 Å². The quantitative estimate of drug-likeness (QED) is 0.877. The third-order valence-electron chi connectivity index (χ3n) is 3.99. The van der Waals surface area contributed by atoms with Crippen LogP contribution in [0.5, 0.6) is 0 Å². The van der Waals surface area contributed by atoms with Crippen molar-refractivity contribution in [2.75, 3.05) is 5.75 Å². The third kappa shape index (κ3) is 3.44. The highest BCUT2D eigenvalue weighted by Gasteiger charge is 2.29. The van der Waals surface area contributed by atoms with E-state index in [1.807, 2.05) is 25.6 Å². The fourth-order valence-corrected chi connectivity index (χ4v) is 4.39. The molecule has 1 aliphatic carbocycles. The summed E-state index contributed by atoms with van der Waals surface area (Å²) in [4.78, 5) is 19.3. The van der Waals surface area contributed by atoms with Gasteiger partial charge in [-0.15, -0.1) is 0 Å². The Bertz CT molecular complexity index is 514. The molecule has 1 aliphatic rings. The molecule has 0 radical (unpaired) electrons. The van der Waals surface area contributed by atoms with Crippen LogP contribution in [-0.4, -0.2) is 27.0 Å². The van der Waals surface area contributed by atoms with E-state index < -0.39 is 0 Å². The molecule has 0 saturated heterocycles. The number of thioether (sulfide) groups is 1. The van der Waals surface area contributed by atoms with Crippen molar-refractivity contribution in [3.63, 3.8) is 0 Å². The molecular formula is C15H25N3OS. The smallest absolute Gasteiger partial charge is 0.255 e. The van der Waals surface area contributed by atoms with Gasteiger partial charge in [-0.25, -0.2) is 4.98 Å². The summed E-state index contributed by atoms with van der Waals surface area (Å²) in [6.07, 6.45) is 3.77. The molecule has 1 aromatic heterocycles. The fourth-order valence-electron chi connectivity index (χ4n) is 3.18. The molecule has 0 amide bonds. The highest BCUT2D eigenvalue weighted by molar-refractivity contribution is 7.99. The molecule has 3 atom stereocenters. The minimum Gasteiger partial charge on any atom is -0.310 e. The Hall–Kier alpha value is -0.810. The lowest BCUT2D eigenvalue weighted by atomic mass is 10.1. The molecule has 0 spiro atoms. The SMILES string of the molecule is CCSC1CCCC1NC(C)c1c(C)nc(C)[nH]c1=O. The van der Waals surface area contributed by atoms with Gasteiger partial charge < -0.3 is 10.3 Å². The number of H-pyrrole nitrogens is 1. The van der Waals surface area contributed by atoms with Crippen LogP contribution in [0.25, 0.3) is 0 Å². The van der Waals surface area contributed by atoms with E-state index in [1.165, 1.54) is 19.3 Å². The average Bonchev–Trinajstić information content (AvgIpc) is 2.75. The molecular weight excluding hydrogens is 270 g/mol. The molecule has 1 aromatic rings. The summed E-state index contributed by atoms with van der Waals surface area (Å²) in [5.41, 5.74) is 1.61. The van der Waals surface area contributed by atoms with Crippen molar-refractivity contribution in [2.45, 2.75) is 64.3 Å². The largest absolute Gasteiger partial charge is 0.310 e. The summed E-state index contributed by atoms with van der Waals surface area (Å²) in [6.45, 7) is 8.02. The van der Waals surface area contributed by atoms with Crippen molar-refractivity contribution in [3.8, 4) is 0 Å². The van der Waals surface area contributed by atoms with Crippen molar-refractivity contribution in [1.82, 2.24) is 15.3 Å². The molecule has 4 nitrogen and oxygen atoms in total. The van der Waals surface area contributed by atoms with E-state index >= 15 is 0 Å². The van der Waals surface area contributed by atoms with Crippen molar-refractivity contribution < 1.29 is 0 Å². The first-order valence-electron chi connectivity index (χ1n) is 7.48. The van der Waals surface area contributed by atoms with Gasteiger partial charge in [-0.3, -0.25) is 4.79 Å². The first kappa shape index (κ1) is 15.6. The van der Waals surface area contributed by atoms with Gasteiger partial charge in [0.2, 0.25) is 0 Å². The van der Waals surface area contributed by atoms with Gasteiger partial charge in [-0.05, 0) is 39.4 Å². The van der Waals surface area contributed by atoms with Crippen LogP contribution in [0.4, 0.5) is 0 Å². The molecule has 1 saturated carbocycles. The summed E-state index contributed by atoms with van der Waals surface area (Å²) in [6, 6.07) is 0.560. The first-order valence-corrected chi connectivity index (χ1v) is 8.52. The third-order valence-corrected chi connectivity index (χ3v) is 5.32. The lowest BCUT2D eigenvalue weighted by Gasteiger charge is -2.25. The van der Waals surface area contributed by atoms with Gasteiger partial charge in [0, 0.05) is 23.0 Å². The van der Waals surface area contributed by atoms with Crippen LogP contribution in [0.2, 0.25) is 0 Å². The van der Waals surface area contributed by atoms with Gasteiger partial charge in [-0.1, -0.05) is 13.3 Å². The normalized spacial score (nSPS) is 24.0. The van der Waals surface area contributed by atoms with Crippen LogP contribution in [-0.2, 0) is 0 Å². The molecule has 0 aliphatic heterocycles. The van der Waals surface area contributed by atoms with E-state index in [0.29, 0.717) is 17.1 Å². The Morgan fingerprint density at radius 2 is 2.20 bits per heavy atom. The lowest BCUT2D eigenvalue weighted by molar-refractivity contribution is 0.462. The summed E-state index contributed by atoms with van der Waals surface area (Å²) < 4.78 is 0. The minimum absolute atomic E-state index is 0.00677. The van der Waals surface area contributed by atoms with Gasteiger partial charge in [0.25, 0.3) is 5.56 Å². The van der Waals surface area contributed by atoms with E-state index in [0.717, 1.165) is 17.0 Å². The number of nitrogens with zero attached hydrogens (tertiary/aromatic N) is 1. The summed E-state index contributed by atoms with van der Waals surface area (Å²) >= 11 is 2.03. The monoisotopic (exact) mass is 295 g/mol. The second kappa shape index (κ2) is 6.76. The molecule has 112 valence electrons. The van der Waals surface area contributed by atoms with Gasteiger partial charge in [-0.2, -0.15) is 11.8 Å². The second-order valence-corrected chi connectivity index (χ2v) is 7.09. The van der Waals surface area contributed by atoms with Gasteiger partial charge >= 0.3 is 0 Å². The number of hydrogen-bond donors (Lipinski definition) is 2. The average molecular weight is 295 g/mol. The molecule has 0 bridgehead atoms. The number of hydrogen-bond acceptors (Lipinski definition) is 4. The maximum Gasteiger partial charge on any atom is 0.255 e. The highest BCUT2D eigenvalue weighted by Crippen LogP contribution is 2.31. The summed E-state index contributed by atoms with van der Waals surface area (Å²) in [7, 11) is 0. The predicted octanol–water partition coefficient (Wildman–Crippen LogP) is 2.71. The maximum atomic E-state index is 12.1. The summed E-state index contributed by atoms with van der Waals surface area (Å²) in [5.74, 6) is 1.84. The van der Waals surface area contributed by atoms with Crippen molar-refractivity contribution in [1.29, 1.82) is 0 Å². The Balaban J connectivity index is 2.12. The molecule has 20 heavy (non-hydrogen) atoms. The highest BCUT2D eigenvalue weighted by atomic mass is 32.2. The second-order valence-electron chi connectivity index (χ2n) is 5.57. The predicted molar refractivity (Wildman–Crippen MR) is 85.4 cm³/mol. The number of aromatic nitrogens is 2. The van der Waals surface area contributed by atoms with E-state index in [4.69, 9.17) is 0 Å². The Morgan fingerprint density at radius 3 is 2.85 bits per heavy atom. The number of aryl methyl sites for hydroxylation is 2. The van der Waals surface area contributed by atoms with E-state index in [1.54, 1.807) is 0 Å². The zero-order chi connectivity index (χ0) is 14.7. The molecule has 3 unspecified atom stereocenters. The zero-order valence-electron chi connectivity index (χ0n) is 12.8. The number of rotatable bonds is 5.